The van der Waals surface area contributed by atoms with Crippen LogP contribution in [0.3, 0.4) is 0 Å². The van der Waals surface area contributed by atoms with E-state index in [4.69, 9.17) is 0 Å². The summed E-state index contributed by atoms with van der Waals surface area (Å²) >= 11 is 0. The molecule has 3 rings (SSSR count). The maximum Gasteiger partial charge on any atom is 0.194 e. The lowest BCUT2D eigenvalue weighted by atomic mass is 9.70. The van der Waals surface area contributed by atoms with Gasteiger partial charge in [0.2, 0.25) is 0 Å². The molecule has 2 aliphatic rings. The first-order valence-corrected chi connectivity index (χ1v) is 11.5. The van der Waals surface area contributed by atoms with Crippen LogP contribution in [0.2, 0.25) is 11.6 Å². The highest BCUT2D eigenvalue weighted by Gasteiger charge is 2.31. The van der Waals surface area contributed by atoms with Crippen LogP contribution in [0, 0.1) is 29.3 Å². The van der Waals surface area contributed by atoms with Crippen molar-refractivity contribution in [3.05, 3.63) is 35.1 Å². The molecule has 0 nitrogen and oxygen atoms in total. The van der Waals surface area contributed by atoms with Gasteiger partial charge in [0.1, 0.15) is 0 Å². The molecule has 0 aromatic heterocycles. The van der Waals surface area contributed by atoms with Crippen LogP contribution in [0.5, 0.6) is 0 Å². The second kappa shape index (κ2) is 8.07. The average molecular weight is 355 g/mol. The molecule has 1 aromatic carbocycles. The molecule has 134 valence electrons. The van der Waals surface area contributed by atoms with Gasteiger partial charge in [0.25, 0.3) is 0 Å². The van der Waals surface area contributed by atoms with E-state index in [1.54, 1.807) is 0 Å². The fraction of sp³-hybridized carbons (Fsp3) is 0.700. The predicted molar refractivity (Wildman–Crippen MR) is 95.7 cm³/mol. The van der Waals surface area contributed by atoms with Crippen LogP contribution >= 0.6 is 0 Å². The van der Waals surface area contributed by atoms with Gasteiger partial charge in [-0.15, -0.1) is 0 Å². The largest absolute Gasteiger partial charge is 0.204 e. The van der Waals surface area contributed by atoms with Crippen LogP contribution in [0.1, 0.15) is 69.8 Å². The maximum atomic E-state index is 13.5. The van der Waals surface area contributed by atoms with Crippen molar-refractivity contribution in [3.63, 3.8) is 0 Å². The van der Waals surface area contributed by atoms with Gasteiger partial charge in [-0.2, -0.15) is 0 Å². The molecule has 0 saturated heterocycles. The summed E-state index contributed by atoms with van der Waals surface area (Å²) in [7, 11) is 0.168. The summed E-state index contributed by atoms with van der Waals surface area (Å²) in [5, 5.41) is 0. The Labute approximate surface area is 146 Å². The lowest BCUT2D eigenvalue weighted by Gasteiger charge is -2.38. The molecule has 0 N–H and O–H groups in total. The molecule has 0 spiro atoms. The molecule has 0 atom stereocenters. The second-order valence-electron chi connectivity index (χ2n) is 7.98. The number of rotatable bonds is 4. The molecule has 24 heavy (non-hydrogen) atoms. The molecule has 0 amide bonds. The van der Waals surface area contributed by atoms with Gasteiger partial charge < -0.3 is 0 Å². The number of hydrogen-bond donors (Lipinski definition) is 0. The lowest BCUT2D eigenvalue weighted by Crippen LogP contribution is -2.25. The van der Waals surface area contributed by atoms with Crippen molar-refractivity contribution >= 4 is 9.52 Å². The van der Waals surface area contributed by atoms with Crippen LogP contribution in [0.15, 0.2) is 12.1 Å². The van der Waals surface area contributed by atoms with E-state index in [-0.39, 0.29) is 15.4 Å². The molecule has 1 aromatic rings. The van der Waals surface area contributed by atoms with Gasteiger partial charge in [-0.05, 0) is 61.1 Å². The molecule has 0 unspecified atom stereocenters. The van der Waals surface area contributed by atoms with Crippen LogP contribution in [0.25, 0.3) is 0 Å². The summed E-state index contributed by atoms with van der Waals surface area (Å²) in [4.78, 5) is 0. The monoisotopic (exact) mass is 354 g/mol. The zero-order chi connectivity index (χ0) is 17.1. The smallest absolute Gasteiger partial charge is 0.194 e. The highest BCUT2D eigenvalue weighted by molar-refractivity contribution is 6.37. The van der Waals surface area contributed by atoms with E-state index >= 15 is 0 Å². The summed E-state index contributed by atoms with van der Waals surface area (Å²) in [5.74, 6) is -1.60. The Hall–Kier alpha value is -0.773. The third kappa shape index (κ3) is 4.06. The van der Waals surface area contributed by atoms with Crippen LogP contribution in [-0.2, 0) is 0 Å². The molecular weight excluding hydrogens is 325 g/mol. The minimum absolute atomic E-state index is 0.168. The summed E-state index contributed by atoms with van der Waals surface area (Å²) in [6.45, 7) is 2.33. The second-order valence-corrected chi connectivity index (χ2v) is 10.7. The zero-order valence-electron chi connectivity index (χ0n) is 14.7. The van der Waals surface area contributed by atoms with Gasteiger partial charge in [-0.3, -0.25) is 0 Å². The quantitative estimate of drug-likeness (QED) is 0.462. The molecule has 0 aliphatic heterocycles. The van der Waals surface area contributed by atoms with E-state index in [1.165, 1.54) is 43.9 Å². The fourth-order valence-corrected chi connectivity index (χ4v) is 6.96. The normalized spacial score (nSPS) is 31.7. The Kier molecular flexibility index (Phi) is 6.06. The standard InChI is InChI=1S/C20H29F3Si/c1-2-24-17-9-7-14(8-10-17)13-3-5-15(6-4-13)16-11-18(21)20(23)19(22)12-16/h11-15,17H,2-10,24H2,1H3/t13-,14-,15-,17-. The van der Waals surface area contributed by atoms with E-state index in [2.05, 4.69) is 6.92 Å². The minimum Gasteiger partial charge on any atom is -0.204 e. The number of benzene rings is 1. The summed E-state index contributed by atoms with van der Waals surface area (Å²) < 4.78 is 40.0. The first-order valence-electron chi connectivity index (χ1n) is 9.72. The SMILES string of the molecule is CC[SiH2][C@H]1CC[C@H]([C@H]2CC[C@H](c3cc(F)c(F)c(F)c3)CC2)CC1. The third-order valence-corrected chi connectivity index (χ3v) is 8.71. The van der Waals surface area contributed by atoms with Crippen molar-refractivity contribution in [1.29, 1.82) is 0 Å². The number of halogens is 3. The predicted octanol–water partition coefficient (Wildman–Crippen LogP) is 5.96. The first-order chi connectivity index (χ1) is 11.6. The summed E-state index contributed by atoms with van der Waals surface area (Å²) in [6, 6.07) is 3.83. The van der Waals surface area contributed by atoms with Crippen molar-refractivity contribution in [1.82, 2.24) is 0 Å². The van der Waals surface area contributed by atoms with Crippen molar-refractivity contribution in [2.75, 3.05) is 0 Å². The average Bonchev–Trinajstić information content (AvgIpc) is 2.60. The van der Waals surface area contributed by atoms with Crippen molar-refractivity contribution < 1.29 is 13.2 Å². The molecule has 2 saturated carbocycles. The molecule has 4 heteroatoms. The van der Waals surface area contributed by atoms with E-state index in [1.807, 2.05) is 0 Å². The van der Waals surface area contributed by atoms with Gasteiger partial charge >= 0.3 is 0 Å². The van der Waals surface area contributed by atoms with Crippen LogP contribution < -0.4 is 0 Å². The number of hydrogen-bond acceptors (Lipinski definition) is 0. The van der Waals surface area contributed by atoms with E-state index in [0.717, 1.165) is 43.1 Å². The molecule has 0 heterocycles. The van der Waals surface area contributed by atoms with Crippen molar-refractivity contribution in [2.24, 2.45) is 11.8 Å². The Balaban J connectivity index is 1.53. The topological polar surface area (TPSA) is 0 Å². The Morgan fingerprint density at radius 2 is 1.33 bits per heavy atom. The highest BCUT2D eigenvalue weighted by atomic mass is 28.2. The molecular formula is C20H29F3Si. The zero-order valence-corrected chi connectivity index (χ0v) is 16.1. The van der Waals surface area contributed by atoms with E-state index < -0.39 is 17.5 Å². The fourth-order valence-electron chi connectivity index (χ4n) is 5.09. The van der Waals surface area contributed by atoms with Gasteiger partial charge in [-0.1, -0.05) is 44.2 Å². The Morgan fingerprint density at radius 3 is 1.83 bits per heavy atom. The molecule has 2 fully saturated rings. The van der Waals surface area contributed by atoms with E-state index in [9.17, 15) is 13.2 Å². The first kappa shape index (κ1) is 18.0. The summed E-state index contributed by atoms with van der Waals surface area (Å²) in [5.41, 5.74) is 1.72. The lowest BCUT2D eigenvalue weighted by molar-refractivity contribution is 0.185. The van der Waals surface area contributed by atoms with Gasteiger partial charge in [0.05, 0.1) is 0 Å². The van der Waals surface area contributed by atoms with Crippen molar-refractivity contribution in [2.45, 2.75) is 75.8 Å². The van der Waals surface area contributed by atoms with Crippen LogP contribution in [0.4, 0.5) is 13.2 Å². The molecule has 2 aliphatic carbocycles. The minimum atomic E-state index is -1.35. The Morgan fingerprint density at radius 1 is 0.833 bits per heavy atom. The van der Waals surface area contributed by atoms with Gasteiger partial charge in [0, 0.05) is 9.52 Å². The molecule has 0 bridgehead atoms. The van der Waals surface area contributed by atoms with Crippen LogP contribution in [-0.4, -0.2) is 9.52 Å². The third-order valence-electron chi connectivity index (χ3n) is 6.50. The maximum absolute atomic E-state index is 13.5. The summed E-state index contributed by atoms with van der Waals surface area (Å²) in [6.07, 6.45) is 9.97. The van der Waals surface area contributed by atoms with Gasteiger partial charge in [0.15, 0.2) is 17.5 Å². The van der Waals surface area contributed by atoms with Crippen molar-refractivity contribution in [3.8, 4) is 0 Å². The Bertz CT molecular complexity index is 521. The van der Waals surface area contributed by atoms with Gasteiger partial charge in [-0.25, -0.2) is 13.2 Å². The highest BCUT2D eigenvalue weighted by Crippen LogP contribution is 2.45. The molecule has 0 radical (unpaired) electrons. The van der Waals surface area contributed by atoms with E-state index in [0.29, 0.717) is 5.56 Å².